The second-order valence-electron chi connectivity index (χ2n) is 11.5. The van der Waals surface area contributed by atoms with Crippen molar-refractivity contribution in [2.75, 3.05) is 44.6 Å². The number of hydrogen-bond acceptors (Lipinski definition) is 7. The molecule has 0 spiro atoms. The summed E-state index contributed by atoms with van der Waals surface area (Å²) < 4.78 is 31.5. The summed E-state index contributed by atoms with van der Waals surface area (Å²) in [6, 6.07) is 19.7. The van der Waals surface area contributed by atoms with Crippen molar-refractivity contribution in [2.24, 2.45) is 5.92 Å². The highest BCUT2D eigenvalue weighted by atomic mass is 19.1. The van der Waals surface area contributed by atoms with E-state index in [2.05, 4.69) is 15.5 Å². The number of methoxy groups -OCH3 is 3. The van der Waals surface area contributed by atoms with E-state index < -0.39 is 5.91 Å². The van der Waals surface area contributed by atoms with Crippen molar-refractivity contribution in [3.63, 3.8) is 0 Å². The summed E-state index contributed by atoms with van der Waals surface area (Å²) in [4.78, 5) is 41.8. The predicted octanol–water partition coefficient (Wildman–Crippen LogP) is 4.82. The van der Waals surface area contributed by atoms with Crippen LogP contribution in [0.3, 0.4) is 0 Å². The smallest absolute Gasteiger partial charge is 0.255 e. The molecule has 11 heteroatoms. The van der Waals surface area contributed by atoms with Gasteiger partial charge in [0.2, 0.25) is 5.75 Å². The lowest BCUT2D eigenvalue weighted by Crippen LogP contribution is -2.47. The molecule has 3 heterocycles. The number of nitrogens with zero attached hydrogens (tertiary/aromatic N) is 2. The van der Waals surface area contributed by atoms with Crippen LogP contribution in [-0.2, 0) is 13.1 Å². The monoisotopic (exact) mass is 626 g/mol. The highest BCUT2D eigenvalue weighted by Crippen LogP contribution is 2.41. The molecule has 2 aliphatic heterocycles. The van der Waals surface area contributed by atoms with Gasteiger partial charge in [-0.05, 0) is 66.4 Å². The van der Waals surface area contributed by atoms with Crippen molar-refractivity contribution in [2.45, 2.75) is 25.4 Å². The Morgan fingerprint density at radius 3 is 2.28 bits per heavy atom. The first-order valence-electron chi connectivity index (χ1n) is 15.0. The minimum atomic E-state index is -0.432. The molecule has 4 aromatic rings. The van der Waals surface area contributed by atoms with Gasteiger partial charge < -0.3 is 34.3 Å². The third-order valence-corrected chi connectivity index (χ3v) is 8.62. The number of nitrogens with one attached hydrogen (secondary N) is 2. The number of anilines is 2. The van der Waals surface area contributed by atoms with Crippen molar-refractivity contribution in [1.82, 2.24) is 9.88 Å². The number of carbonyl (C=O) groups is 2. The molecule has 2 amide bonds. The second kappa shape index (κ2) is 13.0. The molecule has 0 unspecified atom stereocenters. The third kappa shape index (κ3) is 6.13. The first kappa shape index (κ1) is 30.7. The zero-order chi connectivity index (χ0) is 32.4. The summed E-state index contributed by atoms with van der Waals surface area (Å²) in [6.45, 7) is 2.16. The number of pyridine rings is 1. The number of rotatable bonds is 9. The van der Waals surface area contributed by atoms with Crippen LogP contribution < -0.4 is 35.3 Å². The maximum Gasteiger partial charge on any atom is 0.255 e. The Kier molecular flexibility index (Phi) is 8.65. The van der Waals surface area contributed by atoms with Crippen molar-refractivity contribution in [1.29, 1.82) is 0 Å². The Morgan fingerprint density at radius 2 is 1.59 bits per heavy atom. The van der Waals surface area contributed by atoms with E-state index in [1.807, 2.05) is 16.7 Å². The lowest BCUT2D eigenvalue weighted by Gasteiger charge is -2.44. The lowest BCUT2D eigenvalue weighted by molar-refractivity contribution is 0.0949. The van der Waals surface area contributed by atoms with Crippen LogP contribution in [0.1, 0.15) is 44.3 Å². The molecule has 2 bridgehead atoms. The molecule has 1 saturated heterocycles. The average molecular weight is 627 g/mol. The Labute approximate surface area is 265 Å². The van der Waals surface area contributed by atoms with Gasteiger partial charge in [-0.3, -0.25) is 14.4 Å². The summed E-state index contributed by atoms with van der Waals surface area (Å²) in [5, 5.41) is 5.89. The van der Waals surface area contributed by atoms with Crippen LogP contribution in [0.5, 0.6) is 17.2 Å². The Bertz CT molecular complexity index is 1820. The minimum Gasteiger partial charge on any atom is -0.493 e. The van der Waals surface area contributed by atoms with Crippen LogP contribution in [0.25, 0.3) is 0 Å². The standard InChI is InChI=1S/C35H35FN4O6/c1-44-30-15-24(16-31(45-2)33(30)46-3)35(43)38-27-14-23(34(42)37-17-21-7-10-26(36)11-8-21)9-12-29(27)39-18-22-13-25(20-39)28-5-4-6-32(41)40(28)19-22/h4-12,14-16,22,25H,13,17-20H2,1-3H3,(H,37,42)(H,38,43)/t22-,25+/m1/s1. The fourth-order valence-electron chi connectivity index (χ4n) is 6.44. The van der Waals surface area contributed by atoms with Gasteiger partial charge in [-0.2, -0.15) is 0 Å². The van der Waals surface area contributed by atoms with E-state index in [0.29, 0.717) is 48.1 Å². The normalized spacial score (nSPS) is 16.7. The summed E-state index contributed by atoms with van der Waals surface area (Å²) in [5.41, 5.74) is 3.61. The first-order valence-corrected chi connectivity index (χ1v) is 15.0. The highest BCUT2D eigenvalue weighted by Gasteiger charge is 2.35. The number of halogens is 1. The number of carbonyl (C=O) groups excluding carboxylic acids is 2. The van der Waals surface area contributed by atoms with Gasteiger partial charge in [0.25, 0.3) is 17.4 Å². The van der Waals surface area contributed by atoms with Gasteiger partial charge in [0, 0.05) is 55.0 Å². The van der Waals surface area contributed by atoms with Gasteiger partial charge >= 0.3 is 0 Å². The van der Waals surface area contributed by atoms with Crippen LogP contribution in [0.4, 0.5) is 15.8 Å². The number of fused-ring (bicyclic) bond motifs is 4. The van der Waals surface area contributed by atoms with Gasteiger partial charge in [-0.1, -0.05) is 18.2 Å². The molecular formula is C35H35FN4O6. The summed E-state index contributed by atoms with van der Waals surface area (Å²) >= 11 is 0. The molecule has 46 heavy (non-hydrogen) atoms. The number of benzene rings is 3. The number of ether oxygens (including phenoxy) is 3. The summed E-state index contributed by atoms with van der Waals surface area (Å²) in [6.07, 6.45) is 0.969. The fourth-order valence-corrected chi connectivity index (χ4v) is 6.44. The van der Waals surface area contributed by atoms with Crippen LogP contribution in [0, 0.1) is 11.7 Å². The van der Waals surface area contributed by atoms with E-state index in [-0.39, 0.29) is 41.2 Å². The van der Waals surface area contributed by atoms with E-state index in [4.69, 9.17) is 14.2 Å². The molecule has 2 N–H and O–H groups in total. The van der Waals surface area contributed by atoms with Crippen LogP contribution >= 0.6 is 0 Å². The number of amides is 2. The molecule has 1 fully saturated rings. The third-order valence-electron chi connectivity index (χ3n) is 8.62. The van der Waals surface area contributed by atoms with Gasteiger partial charge in [0.1, 0.15) is 5.82 Å². The maximum atomic E-state index is 13.8. The van der Waals surface area contributed by atoms with Crippen LogP contribution in [0.15, 0.2) is 77.6 Å². The largest absolute Gasteiger partial charge is 0.493 e. The molecule has 1 aromatic heterocycles. The molecule has 0 aliphatic carbocycles. The highest BCUT2D eigenvalue weighted by molar-refractivity contribution is 6.08. The van der Waals surface area contributed by atoms with Gasteiger partial charge in [-0.25, -0.2) is 4.39 Å². The van der Waals surface area contributed by atoms with E-state index in [9.17, 15) is 18.8 Å². The Morgan fingerprint density at radius 1 is 0.848 bits per heavy atom. The predicted molar refractivity (Wildman–Crippen MR) is 172 cm³/mol. The molecule has 0 saturated carbocycles. The first-order chi connectivity index (χ1) is 22.3. The number of hydrogen-bond donors (Lipinski definition) is 2. The summed E-state index contributed by atoms with van der Waals surface area (Å²) in [5.74, 6) is 0.276. The van der Waals surface area contributed by atoms with Crippen molar-refractivity contribution >= 4 is 23.2 Å². The van der Waals surface area contributed by atoms with E-state index in [1.165, 1.54) is 33.5 Å². The fraction of sp³-hybridized carbons (Fsp3) is 0.286. The molecule has 0 radical (unpaired) electrons. The minimum absolute atomic E-state index is 0.00922. The lowest BCUT2D eigenvalue weighted by atomic mass is 9.83. The number of aromatic nitrogens is 1. The molecule has 2 aliphatic rings. The molecular weight excluding hydrogens is 591 g/mol. The average Bonchev–Trinajstić information content (AvgIpc) is 3.07. The SMILES string of the molecule is COc1cc(C(=O)Nc2cc(C(=O)NCc3ccc(F)cc3)ccc2N2C[C@H]3C[C@@H](C2)c2cccc(=O)n2C3)cc(OC)c1OC. The molecule has 238 valence electrons. The van der Waals surface area contributed by atoms with E-state index in [1.54, 1.807) is 48.5 Å². The molecule has 2 atom stereocenters. The zero-order valence-electron chi connectivity index (χ0n) is 25.8. The summed E-state index contributed by atoms with van der Waals surface area (Å²) in [7, 11) is 4.44. The van der Waals surface area contributed by atoms with Gasteiger partial charge in [-0.15, -0.1) is 0 Å². The van der Waals surface area contributed by atoms with Crippen molar-refractivity contribution in [3.8, 4) is 17.2 Å². The second-order valence-corrected chi connectivity index (χ2v) is 11.5. The van der Waals surface area contributed by atoms with E-state index >= 15 is 0 Å². The van der Waals surface area contributed by atoms with Crippen molar-refractivity contribution in [3.05, 3.63) is 111 Å². The number of piperidine rings is 1. The Balaban J connectivity index is 1.32. The van der Waals surface area contributed by atoms with Crippen molar-refractivity contribution < 1.29 is 28.2 Å². The maximum absolute atomic E-state index is 13.8. The van der Waals surface area contributed by atoms with Gasteiger partial charge in [0.05, 0.1) is 32.7 Å². The van der Waals surface area contributed by atoms with E-state index in [0.717, 1.165) is 23.4 Å². The zero-order valence-corrected chi connectivity index (χ0v) is 25.8. The van der Waals surface area contributed by atoms with Gasteiger partial charge in [0.15, 0.2) is 11.5 Å². The molecule has 3 aromatic carbocycles. The topological polar surface area (TPSA) is 111 Å². The van der Waals surface area contributed by atoms with Crippen LogP contribution in [0.2, 0.25) is 0 Å². The molecule has 10 nitrogen and oxygen atoms in total. The molecule has 6 rings (SSSR count). The quantitative estimate of drug-likeness (QED) is 0.274. The van der Waals surface area contributed by atoms with Crippen LogP contribution in [-0.4, -0.2) is 50.8 Å². The Hall–Kier alpha value is -5.32.